The second-order valence-corrected chi connectivity index (χ2v) is 19.2. The van der Waals surface area contributed by atoms with Crippen molar-refractivity contribution in [2.75, 3.05) is 13.2 Å². The number of fused-ring (bicyclic) bond motifs is 5. The molecule has 0 aromatic rings. The number of hydrogen-bond donors (Lipinski definition) is 1. The predicted molar refractivity (Wildman–Crippen MR) is 221 cm³/mol. The molecule has 4 aliphatic carbocycles. The van der Waals surface area contributed by atoms with Crippen LogP contribution in [0.5, 0.6) is 0 Å². The quantitative estimate of drug-likeness (QED) is 0.0579. The Labute approximate surface area is 322 Å². The molecule has 2 N–H and O–H groups in total. The molecule has 0 aromatic heterocycles. The van der Waals surface area contributed by atoms with Crippen LogP contribution in [0, 0.1) is 46.3 Å². The first-order chi connectivity index (χ1) is 25.1. The molecule has 4 rings (SSSR count). The highest BCUT2D eigenvalue weighted by Crippen LogP contribution is 2.67. The number of carbonyl (C=O) groups excluding carboxylic acids is 1. The van der Waals surface area contributed by atoms with Crippen LogP contribution in [0.3, 0.4) is 0 Å². The van der Waals surface area contributed by atoms with Crippen LogP contribution in [0.15, 0.2) is 23.8 Å². The number of esters is 1. The number of rotatable bonds is 25. The van der Waals surface area contributed by atoms with Gasteiger partial charge in [-0.25, -0.2) is 0 Å². The van der Waals surface area contributed by atoms with Gasteiger partial charge in [0.15, 0.2) is 0 Å². The summed E-state index contributed by atoms with van der Waals surface area (Å²) in [6, 6.07) is 0. The second-order valence-electron chi connectivity index (χ2n) is 19.2. The summed E-state index contributed by atoms with van der Waals surface area (Å²) in [6.07, 6.45) is 38.7. The molecule has 0 heterocycles. The van der Waals surface area contributed by atoms with Crippen molar-refractivity contribution in [1.29, 1.82) is 0 Å². The van der Waals surface area contributed by atoms with Crippen LogP contribution in [-0.2, 0) is 14.3 Å². The highest BCUT2D eigenvalue weighted by atomic mass is 16.6. The van der Waals surface area contributed by atoms with E-state index in [2.05, 4.69) is 59.8 Å². The van der Waals surface area contributed by atoms with Crippen molar-refractivity contribution < 1.29 is 14.3 Å². The summed E-state index contributed by atoms with van der Waals surface area (Å²) in [5, 5.41) is 0. The van der Waals surface area contributed by atoms with Gasteiger partial charge in [-0.05, 0) is 130 Å². The Hall–Kier alpha value is -1.13. The van der Waals surface area contributed by atoms with E-state index in [1.165, 1.54) is 128 Å². The van der Waals surface area contributed by atoms with Gasteiger partial charge in [0.25, 0.3) is 0 Å². The summed E-state index contributed by atoms with van der Waals surface area (Å²) in [4.78, 5) is 12.6. The van der Waals surface area contributed by atoms with Gasteiger partial charge >= 0.3 is 5.97 Å². The Kier molecular flexibility index (Phi) is 18.8. The van der Waals surface area contributed by atoms with E-state index in [-0.39, 0.29) is 18.2 Å². The molecule has 0 aromatic carbocycles. The number of unbranched alkanes of at least 4 members (excludes halogenated alkanes) is 11. The number of nitrogens with two attached hydrogens (primary N) is 1. The van der Waals surface area contributed by atoms with Crippen LogP contribution >= 0.6 is 0 Å². The third-order valence-electron chi connectivity index (χ3n) is 15.0. The summed E-state index contributed by atoms with van der Waals surface area (Å²) in [5.74, 6) is 5.09. The molecular weight excluding hydrogens is 639 g/mol. The Morgan fingerprint density at radius 1 is 0.846 bits per heavy atom. The SMILES string of the molecule is CCCCCCCC/C=C\CCCCCCCC(=O)OC(CN)CO[C@H]1CC[C@@]2(C)C(=CC[C@H]3[C@@H]4CC[C@H]([C@H](C)CCCC(C)C)[C@@]4(C)CC[C@@H]32)C1. The highest BCUT2D eigenvalue weighted by Gasteiger charge is 2.59. The highest BCUT2D eigenvalue weighted by molar-refractivity contribution is 5.69. The predicted octanol–water partition coefficient (Wildman–Crippen LogP) is 13.3. The van der Waals surface area contributed by atoms with E-state index in [1.807, 2.05) is 0 Å². The van der Waals surface area contributed by atoms with Gasteiger partial charge in [0.05, 0.1) is 12.7 Å². The van der Waals surface area contributed by atoms with Crippen LogP contribution < -0.4 is 5.73 Å². The van der Waals surface area contributed by atoms with Crippen molar-refractivity contribution in [2.24, 2.45) is 52.1 Å². The van der Waals surface area contributed by atoms with Gasteiger partial charge in [0.1, 0.15) is 6.10 Å². The van der Waals surface area contributed by atoms with Gasteiger partial charge in [-0.2, -0.15) is 0 Å². The largest absolute Gasteiger partial charge is 0.459 e. The fourth-order valence-corrected chi connectivity index (χ4v) is 11.8. The lowest BCUT2D eigenvalue weighted by Gasteiger charge is -2.58. The van der Waals surface area contributed by atoms with Crippen LogP contribution in [-0.4, -0.2) is 31.3 Å². The van der Waals surface area contributed by atoms with Crippen molar-refractivity contribution in [3.05, 3.63) is 23.8 Å². The van der Waals surface area contributed by atoms with Crippen LogP contribution in [0.4, 0.5) is 0 Å². The first kappa shape index (κ1) is 43.6. The van der Waals surface area contributed by atoms with Gasteiger partial charge in [0.2, 0.25) is 0 Å². The standard InChI is InChI=1S/C48H85NO3/c1-7-8-9-10-11-12-13-14-15-16-17-18-19-20-21-25-46(50)52-41(35-49)36-51-40-30-32-47(5)39(34-40)26-27-42-44-29-28-43(38(4)24-22-23-37(2)3)48(44,6)33-31-45(42)47/h14-15,26,37-38,40-45H,7-13,16-25,27-36,49H2,1-6H3/b15-14-/t38-,40+,41?,42+,43-,44+,45+,47+,48-/m1/s1. The summed E-state index contributed by atoms with van der Waals surface area (Å²) in [5.41, 5.74) is 8.60. The molecule has 0 spiro atoms. The zero-order valence-electron chi connectivity index (χ0n) is 35.2. The summed E-state index contributed by atoms with van der Waals surface area (Å²) in [6.45, 7) is 15.7. The lowest BCUT2D eigenvalue weighted by Crippen LogP contribution is -2.51. The maximum atomic E-state index is 12.6. The molecule has 4 heteroatoms. The molecule has 0 bridgehead atoms. The van der Waals surface area contributed by atoms with E-state index in [1.54, 1.807) is 5.57 Å². The van der Waals surface area contributed by atoms with Crippen molar-refractivity contribution in [2.45, 2.75) is 214 Å². The minimum atomic E-state index is -0.340. The minimum Gasteiger partial charge on any atom is -0.459 e. The minimum absolute atomic E-state index is 0.114. The normalized spacial score (nSPS) is 31.2. The Bertz CT molecular complexity index is 1080. The number of hydrogen-bond acceptors (Lipinski definition) is 4. The molecule has 0 radical (unpaired) electrons. The average Bonchev–Trinajstić information content (AvgIpc) is 3.48. The maximum Gasteiger partial charge on any atom is 0.306 e. The second kappa shape index (κ2) is 22.4. The molecule has 3 fully saturated rings. The van der Waals surface area contributed by atoms with Crippen molar-refractivity contribution in [3.63, 3.8) is 0 Å². The first-order valence-corrected chi connectivity index (χ1v) is 23.0. The van der Waals surface area contributed by atoms with Gasteiger partial charge in [-0.1, -0.05) is 136 Å². The van der Waals surface area contributed by atoms with Crippen molar-refractivity contribution in [3.8, 4) is 0 Å². The Morgan fingerprint density at radius 3 is 2.23 bits per heavy atom. The molecule has 4 nitrogen and oxygen atoms in total. The topological polar surface area (TPSA) is 61.5 Å². The maximum absolute atomic E-state index is 12.6. The molecular formula is C48H85NO3. The molecule has 9 atom stereocenters. The molecule has 0 saturated heterocycles. The summed E-state index contributed by atoms with van der Waals surface area (Å²) >= 11 is 0. The van der Waals surface area contributed by atoms with Gasteiger partial charge in [0, 0.05) is 13.0 Å². The first-order valence-electron chi connectivity index (χ1n) is 23.0. The van der Waals surface area contributed by atoms with E-state index < -0.39 is 0 Å². The smallest absolute Gasteiger partial charge is 0.306 e. The molecule has 300 valence electrons. The Balaban J connectivity index is 1.11. The van der Waals surface area contributed by atoms with Crippen LogP contribution in [0.25, 0.3) is 0 Å². The summed E-state index contributed by atoms with van der Waals surface area (Å²) < 4.78 is 12.3. The van der Waals surface area contributed by atoms with Crippen LogP contribution in [0.1, 0.15) is 202 Å². The molecule has 0 aliphatic heterocycles. The fraction of sp³-hybridized carbons (Fsp3) is 0.896. The van der Waals surface area contributed by atoms with E-state index in [0.29, 0.717) is 30.4 Å². The van der Waals surface area contributed by atoms with Gasteiger partial charge < -0.3 is 15.2 Å². The van der Waals surface area contributed by atoms with Crippen molar-refractivity contribution >= 4 is 5.97 Å². The van der Waals surface area contributed by atoms with E-state index in [4.69, 9.17) is 15.2 Å². The third kappa shape index (κ3) is 12.4. The third-order valence-corrected chi connectivity index (χ3v) is 15.0. The molecule has 1 unspecified atom stereocenters. The number of ether oxygens (including phenoxy) is 2. The Morgan fingerprint density at radius 2 is 1.54 bits per heavy atom. The van der Waals surface area contributed by atoms with Crippen LogP contribution in [0.2, 0.25) is 0 Å². The van der Waals surface area contributed by atoms with E-state index in [0.717, 1.165) is 61.2 Å². The zero-order chi connectivity index (χ0) is 37.4. The van der Waals surface area contributed by atoms with Crippen molar-refractivity contribution in [1.82, 2.24) is 0 Å². The lowest BCUT2D eigenvalue weighted by molar-refractivity contribution is -0.153. The van der Waals surface area contributed by atoms with E-state index in [9.17, 15) is 4.79 Å². The average molecular weight is 724 g/mol. The lowest BCUT2D eigenvalue weighted by atomic mass is 9.47. The molecule has 3 saturated carbocycles. The number of allylic oxidation sites excluding steroid dienone is 3. The molecule has 0 amide bonds. The monoisotopic (exact) mass is 724 g/mol. The van der Waals surface area contributed by atoms with E-state index >= 15 is 0 Å². The van der Waals surface area contributed by atoms with Gasteiger partial charge in [-0.3, -0.25) is 4.79 Å². The summed E-state index contributed by atoms with van der Waals surface area (Å²) in [7, 11) is 0. The molecule has 52 heavy (non-hydrogen) atoms. The number of carbonyl (C=O) groups is 1. The molecule has 4 aliphatic rings. The fourth-order valence-electron chi connectivity index (χ4n) is 11.8. The zero-order valence-corrected chi connectivity index (χ0v) is 35.2. The van der Waals surface area contributed by atoms with Gasteiger partial charge in [-0.15, -0.1) is 0 Å².